The largest absolute Gasteiger partial charge is 0.348 e. The average molecular weight is 317 g/mol. The fraction of sp³-hybridized carbons (Fsp3) is 0. The van der Waals surface area contributed by atoms with Crippen molar-refractivity contribution in [3.8, 4) is 5.19 Å². The highest BCUT2D eigenvalue weighted by Crippen LogP contribution is 2.29. The lowest BCUT2D eigenvalue weighted by molar-refractivity contribution is 0.485. The van der Waals surface area contributed by atoms with Gasteiger partial charge in [0.05, 0.1) is 10.2 Å². The van der Waals surface area contributed by atoms with Gasteiger partial charge in [0.25, 0.3) is 5.19 Å². The third kappa shape index (κ3) is 2.81. The van der Waals surface area contributed by atoms with Gasteiger partial charge in [-0.15, -0.1) is 0 Å². The van der Waals surface area contributed by atoms with Crippen LogP contribution in [-0.4, -0.2) is 13.4 Å². The highest BCUT2D eigenvalue weighted by molar-refractivity contribution is 7.87. The molecule has 0 N–H and O–H groups in total. The van der Waals surface area contributed by atoms with Gasteiger partial charge in [-0.2, -0.15) is 8.42 Å². The van der Waals surface area contributed by atoms with E-state index in [4.69, 9.17) is 4.18 Å². The summed E-state index contributed by atoms with van der Waals surface area (Å²) in [5.74, 6) is 0. The van der Waals surface area contributed by atoms with E-state index < -0.39 is 10.1 Å². The summed E-state index contributed by atoms with van der Waals surface area (Å²) in [4.78, 5) is 4.25. The first-order chi connectivity index (χ1) is 10.1. The van der Waals surface area contributed by atoms with E-state index in [-0.39, 0.29) is 10.1 Å². The Hall–Kier alpha value is -2.18. The van der Waals surface area contributed by atoms with Gasteiger partial charge in [0.15, 0.2) is 0 Å². The van der Waals surface area contributed by atoms with Gasteiger partial charge in [0, 0.05) is 0 Å². The second-order valence-electron chi connectivity index (χ2n) is 4.26. The van der Waals surface area contributed by atoms with Gasteiger partial charge in [-0.05, 0) is 29.8 Å². The average Bonchev–Trinajstić information content (AvgIpc) is 2.88. The Morgan fingerprint density at radius 1 is 1.10 bits per heavy atom. The smallest absolute Gasteiger partial charge is 0.341 e. The maximum atomic E-state index is 12.2. The molecular formula is C15H11NO3S2. The number of nitrogens with zero attached hydrogens (tertiary/aromatic N) is 1. The first kappa shape index (κ1) is 13.8. The van der Waals surface area contributed by atoms with Crippen LogP contribution in [0.5, 0.6) is 5.19 Å². The van der Waals surface area contributed by atoms with Gasteiger partial charge in [-0.1, -0.05) is 48.3 Å². The monoisotopic (exact) mass is 317 g/mol. The van der Waals surface area contributed by atoms with Crippen molar-refractivity contribution in [1.29, 1.82) is 0 Å². The van der Waals surface area contributed by atoms with Crippen LogP contribution in [0.15, 0.2) is 60.0 Å². The number of para-hydroxylation sites is 1. The highest BCUT2D eigenvalue weighted by Gasteiger charge is 2.18. The van der Waals surface area contributed by atoms with E-state index in [1.807, 2.05) is 24.3 Å². The molecule has 0 saturated carbocycles. The molecule has 0 amide bonds. The fourth-order valence-corrected chi connectivity index (χ4v) is 3.69. The zero-order chi connectivity index (χ0) is 14.9. The Bertz CT molecular complexity index is 863. The molecule has 0 unspecified atom stereocenters. The molecule has 0 bridgehead atoms. The fourth-order valence-electron chi connectivity index (χ4n) is 1.80. The molecule has 4 nitrogen and oxygen atoms in total. The lowest BCUT2D eigenvalue weighted by atomic mass is 10.2. The lowest BCUT2D eigenvalue weighted by Crippen LogP contribution is -2.09. The summed E-state index contributed by atoms with van der Waals surface area (Å²) in [7, 11) is -3.87. The van der Waals surface area contributed by atoms with Gasteiger partial charge >= 0.3 is 10.1 Å². The van der Waals surface area contributed by atoms with Crippen LogP contribution in [0.25, 0.3) is 16.3 Å². The molecule has 3 rings (SSSR count). The summed E-state index contributed by atoms with van der Waals surface area (Å²) in [5, 5.41) is 0.115. The van der Waals surface area contributed by atoms with Crippen LogP contribution >= 0.6 is 11.3 Å². The highest BCUT2D eigenvalue weighted by atomic mass is 32.2. The van der Waals surface area contributed by atoms with E-state index in [1.165, 1.54) is 23.5 Å². The van der Waals surface area contributed by atoms with Crippen molar-refractivity contribution in [2.75, 3.05) is 0 Å². The van der Waals surface area contributed by atoms with E-state index >= 15 is 0 Å². The van der Waals surface area contributed by atoms with E-state index in [0.29, 0.717) is 0 Å². The quantitative estimate of drug-likeness (QED) is 0.688. The molecule has 0 radical (unpaired) electrons. The topological polar surface area (TPSA) is 56.3 Å². The number of fused-ring (bicyclic) bond motifs is 1. The maximum absolute atomic E-state index is 12.2. The summed E-state index contributed by atoms with van der Waals surface area (Å²) >= 11 is 1.20. The molecule has 6 heteroatoms. The Labute approximate surface area is 126 Å². The van der Waals surface area contributed by atoms with Crippen molar-refractivity contribution in [1.82, 2.24) is 4.98 Å². The maximum Gasteiger partial charge on any atom is 0.341 e. The first-order valence-electron chi connectivity index (χ1n) is 6.11. The van der Waals surface area contributed by atoms with Gasteiger partial charge in [0.2, 0.25) is 0 Å². The molecular weight excluding hydrogens is 306 g/mol. The Morgan fingerprint density at radius 2 is 1.81 bits per heavy atom. The molecule has 2 aromatic carbocycles. The number of rotatable bonds is 4. The molecule has 0 saturated heterocycles. The van der Waals surface area contributed by atoms with Gasteiger partial charge in [-0.25, -0.2) is 4.98 Å². The van der Waals surface area contributed by atoms with Crippen LogP contribution in [-0.2, 0) is 10.1 Å². The molecule has 106 valence electrons. The molecule has 1 heterocycles. The van der Waals surface area contributed by atoms with Crippen molar-refractivity contribution in [3.63, 3.8) is 0 Å². The van der Waals surface area contributed by atoms with Crippen LogP contribution in [0.3, 0.4) is 0 Å². The minimum Gasteiger partial charge on any atom is -0.348 e. The van der Waals surface area contributed by atoms with Gasteiger partial charge < -0.3 is 4.18 Å². The number of thiazole rings is 1. The summed E-state index contributed by atoms with van der Waals surface area (Å²) < 4.78 is 30.4. The van der Waals surface area contributed by atoms with Gasteiger partial charge in [0.1, 0.15) is 4.90 Å². The standard InChI is InChI=1S/C15H11NO3S2/c1-2-11-7-9-12(10-8-11)21(17,18)19-15-16-13-5-3-4-6-14(13)20-15/h2-10H,1H2. The number of hydrogen-bond donors (Lipinski definition) is 0. The second-order valence-corrected chi connectivity index (χ2v) is 6.80. The minimum atomic E-state index is -3.87. The van der Waals surface area contributed by atoms with Crippen LogP contribution in [0, 0.1) is 0 Å². The summed E-state index contributed by atoms with van der Waals surface area (Å²) in [6.45, 7) is 3.63. The third-order valence-electron chi connectivity index (χ3n) is 2.86. The minimum absolute atomic E-state index is 0.0901. The lowest BCUT2D eigenvalue weighted by Gasteiger charge is -2.03. The second kappa shape index (κ2) is 5.31. The molecule has 1 aromatic heterocycles. The summed E-state index contributed by atoms with van der Waals surface area (Å²) in [6.07, 6.45) is 1.64. The predicted octanol–water partition coefficient (Wildman–Crippen LogP) is 3.71. The number of benzene rings is 2. The van der Waals surface area contributed by atoms with Crippen molar-refractivity contribution in [2.45, 2.75) is 4.90 Å². The van der Waals surface area contributed by atoms with E-state index in [1.54, 1.807) is 18.2 Å². The van der Waals surface area contributed by atoms with Crippen molar-refractivity contribution in [3.05, 3.63) is 60.7 Å². The van der Waals surface area contributed by atoms with Crippen molar-refractivity contribution < 1.29 is 12.6 Å². The predicted molar refractivity (Wildman–Crippen MR) is 84.0 cm³/mol. The van der Waals surface area contributed by atoms with E-state index in [0.717, 1.165) is 15.8 Å². The van der Waals surface area contributed by atoms with Gasteiger partial charge in [-0.3, -0.25) is 0 Å². The Morgan fingerprint density at radius 3 is 2.48 bits per heavy atom. The number of aromatic nitrogens is 1. The van der Waals surface area contributed by atoms with Crippen LogP contribution < -0.4 is 4.18 Å². The molecule has 3 aromatic rings. The van der Waals surface area contributed by atoms with E-state index in [9.17, 15) is 8.42 Å². The molecule has 0 fully saturated rings. The Kier molecular flexibility index (Phi) is 3.48. The molecule has 0 aliphatic carbocycles. The summed E-state index contributed by atoms with van der Waals surface area (Å²) in [6, 6.07) is 13.7. The molecule has 0 spiro atoms. The molecule has 0 aliphatic heterocycles. The van der Waals surface area contributed by atoms with Crippen molar-refractivity contribution in [2.24, 2.45) is 0 Å². The van der Waals surface area contributed by atoms with Crippen LogP contribution in [0.4, 0.5) is 0 Å². The zero-order valence-corrected chi connectivity index (χ0v) is 12.5. The molecule has 0 atom stereocenters. The zero-order valence-electron chi connectivity index (χ0n) is 10.9. The van der Waals surface area contributed by atoms with Crippen LogP contribution in [0.1, 0.15) is 5.56 Å². The SMILES string of the molecule is C=Cc1ccc(S(=O)(=O)Oc2nc3ccccc3s2)cc1. The van der Waals surface area contributed by atoms with Crippen molar-refractivity contribution >= 4 is 37.7 Å². The molecule has 0 aliphatic rings. The third-order valence-corrected chi connectivity index (χ3v) is 5.11. The van der Waals surface area contributed by atoms with Crippen LogP contribution in [0.2, 0.25) is 0 Å². The molecule has 21 heavy (non-hydrogen) atoms. The summed E-state index contributed by atoms with van der Waals surface area (Å²) in [5.41, 5.74) is 1.56. The normalized spacial score (nSPS) is 11.4. The number of hydrogen-bond acceptors (Lipinski definition) is 5. The first-order valence-corrected chi connectivity index (χ1v) is 8.33. The Balaban J connectivity index is 1.92. The van der Waals surface area contributed by atoms with E-state index in [2.05, 4.69) is 11.6 Å².